The van der Waals surface area contributed by atoms with Crippen molar-refractivity contribution in [2.75, 3.05) is 24.6 Å². The molecule has 0 aliphatic carbocycles. The van der Waals surface area contributed by atoms with Crippen molar-refractivity contribution in [3.05, 3.63) is 71.9 Å². The van der Waals surface area contributed by atoms with Crippen molar-refractivity contribution in [3.63, 3.8) is 0 Å². The van der Waals surface area contributed by atoms with E-state index in [0.29, 0.717) is 24.3 Å². The third-order valence-electron chi connectivity index (χ3n) is 5.45. The first-order chi connectivity index (χ1) is 14.2. The maximum absolute atomic E-state index is 13.3. The molecule has 0 saturated carbocycles. The number of nitrogens with zero attached hydrogens (tertiary/aromatic N) is 1. The van der Waals surface area contributed by atoms with Gasteiger partial charge in [0, 0.05) is 24.7 Å². The largest absolute Gasteiger partial charge is 0.466 e. The summed E-state index contributed by atoms with van der Waals surface area (Å²) >= 11 is 0. The standard InChI is InChI=1S/C24H24N2O3/c1-2-29-24(28)18-11-8-14-26(16-18)22-19-12-6-7-13-21(19)25-15-20(22)23(27)17-9-4-3-5-10-17/h3-7,9-10,12-13,15,18H,2,8,11,14,16H2,1H3/p+1/t18-/m1/s1. The number of rotatable bonds is 5. The Bertz CT molecular complexity index is 1030. The fourth-order valence-corrected chi connectivity index (χ4v) is 4.07. The van der Waals surface area contributed by atoms with Crippen molar-refractivity contribution >= 4 is 28.3 Å². The van der Waals surface area contributed by atoms with E-state index in [1.165, 1.54) is 0 Å². The summed E-state index contributed by atoms with van der Waals surface area (Å²) < 4.78 is 5.26. The molecule has 1 aliphatic heterocycles. The van der Waals surface area contributed by atoms with E-state index < -0.39 is 0 Å². The molecule has 1 atom stereocenters. The summed E-state index contributed by atoms with van der Waals surface area (Å²) in [5, 5.41) is 0.985. The molecule has 0 radical (unpaired) electrons. The van der Waals surface area contributed by atoms with Crippen LogP contribution in [0.15, 0.2) is 60.8 Å². The van der Waals surface area contributed by atoms with Gasteiger partial charge in [-0.25, -0.2) is 4.98 Å². The highest BCUT2D eigenvalue weighted by molar-refractivity contribution is 6.15. The summed E-state index contributed by atoms with van der Waals surface area (Å²) in [6.45, 7) is 3.58. The first-order valence-corrected chi connectivity index (χ1v) is 10.1. The van der Waals surface area contributed by atoms with Gasteiger partial charge in [-0.2, -0.15) is 0 Å². The Morgan fingerprint density at radius 2 is 1.86 bits per heavy atom. The van der Waals surface area contributed by atoms with Gasteiger partial charge in [-0.3, -0.25) is 9.59 Å². The Morgan fingerprint density at radius 1 is 1.10 bits per heavy atom. The molecule has 3 aromatic rings. The number of ketones is 1. The number of carbonyl (C=O) groups excluding carboxylic acids is 2. The van der Waals surface area contributed by atoms with Gasteiger partial charge in [-0.15, -0.1) is 0 Å². The predicted molar refractivity (Wildman–Crippen MR) is 112 cm³/mol. The highest BCUT2D eigenvalue weighted by Gasteiger charge is 2.31. The van der Waals surface area contributed by atoms with Crippen molar-refractivity contribution < 1.29 is 19.3 Å². The monoisotopic (exact) mass is 389 g/mol. The van der Waals surface area contributed by atoms with Crippen LogP contribution in [-0.4, -0.2) is 31.4 Å². The van der Waals surface area contributed by atoms with Crippen molar-refractivity contribution in [2.45, 2.75) is 19.8 Å². The number of hydrogen-bond donors (Lipinski definition) is 0. The van der Waals surface area contributed by atoms with Gasteiger partial charge in [-0.05, 0) is 25.8 Å². The lowest BCUT2D eigenvalue weighted by molar-refractivity contribution is -0.344. The lowest BCUT2D eigenvalue weighted by atomic mass is 9.94. The Balaban J connectivity index is 1.79. The molecular weight excluding hydrogens is 364 g/mol. The molecule has 0 bridgehead atoms. The lowest BCUT2D eigenvalue weighted by Gasteiger charge is -2.34. The Kier molecular flexibility index (Phi) is 5.56. The summed E-state index contributed by atoms with van der Waals surface area (Å²) in [6, 6.07) is 17.3. The summed E-state index contributed by atoms with van der Waals surface area (Å²) in [5.74, 6) is -0.355. The van der Waals surface area contributed by atoms with Crippen LogP contribution in [0.3, 0.4) is 0 Å². The number of ether oxygens (including phenoxy) is 1. The fourth-order valence-electron chi connectivity index (χ4n) is 4.07. The van der Waals surface area contributed by atoms with Crippen LogP contribution in [0.5, 0.6) is 0 Å². The van der Waals surface area contributed by atoms with Gasteiger partial charge in [0.1, 0.15) is 5.56 Å². The summed E-state index contributed by atoms with van der Waals surface area (Å²) in [4.78, 5) is 31.1. The summed E-state index contributed by atoms with van der Waals surface area (Å²) in [6.07, 6.45) is 3.49. The molecule has 5 heteroatoms. The van der Waals surface area contributed by atoms with E-state index in [1.54, 1.807) is 6.20 Å². The topological polar surface area (TPSA) is 60.8 Å². The van der Waals surface area contributed by atoms with Crippen LogP contribution in [0.1, 0.15) is 35.7 Å². The number of aromatic amines is 1. The average Bonchev–Trinajstić information content (AvgIpc) is 2.78. The molecule has 5 nitrogen and oxygen atoms in total. The van der Waals surface area contributed by atoms with E-state index in [2.05, 4.69) is 9.88 Å². The van der Waals surface area contributed by atoms with Crippen LogP contribution >= 0.6 is 0 Å². The van der Waals surface area contributed by atoms with Crippen LogP contribution in [0.2, 0.25) is 0 Å². The molecule has 148 valence electrons. The zero-order valence-electron chi connectivity index (χ0n) is 16.6. The van der Waals surface area contributed by atoms with Crippen LogP contribution < -0.4 is 9.88 Å². The van der Waals surface area contributed by atoms with Crippen molar-refractivity contribution in [1.82, 2.24) is 0 Å². The predicted octanol–water partition coefficient (Wildman–Crippen LogP) is 3.66. The van der Waals surface area contributed by atoms with E-state index in [0.717, 1.165) is 36.0 Å². The summed E-state index contributed by atoms with van der Waals surface area (Å²) in [7, 11) is 0. The van der Waals surface area contributed by atoms with E-state index >= 15 is 0 Å². The van der Waals surface area contributed by atoms with Gasteiger partial charge >= 0.3 is 5.97 Å². The molecule has 1 aromatic heterocycles. The molecular formula is C24H25N2O3+. The Labute approximate surface area is 170 Å². The second-order valence-corrected chi connectivity index (χ2v) is 7.33. The number of carbonyl (C=O) groups is 2. The van der Waals surface area contributed by atoms with Crippen molar-refractivity contribution in [3.8, 4) is 0 Å². The Morgan fingerprint density at radius 3 is 2.66 bits per heavy atom. The number of anilines is 1. The highest BCUT2D eigenvalue weighted by atomic mass is 16.5. The fraction of sp³-hybridized carbons (Fsp3) is 0.292. The maximum Gasteiger partial charge on any atom is 0.310 e. The molecule has 29 heavy (non-hydrogen) atoms. The molecule has 0 spiro atoms. The van der Waals surface area contributed by atoms with Crippen LogP contribution in [0, 0.1) is 5.92 Å². The second-order valence-electron chi connectivity index (χ2n) is 7.33. The molecule has 0 amide bonds. The molecule has 1 saturated heterocycles. The summed E-state index contributed by atoms with van der Waals surface area (Å²) in [5.41, 5.74) is 3.13. The van der Waals surface area contributed by atoms with E-state index in [9.17, 15) is 9.59 Å². The molecule has 2 aromatic carbocycles. The molecule has 1 aliphatic rings. The Hall–Kier alpha value is -3.21. The zero-order valence-corrected chi connectivity index (χ0v) is 16.6. The SMILES string of the molecule is CCOC(=O)[C@@H]1CCCN(c2c(C(=O)c3ccccc3)c[nH+]c3ccccc23)C1. The van der Waals surface area contributed by atoms with Gasteiger partial charge in [0.2, 0.25) is 11.3 Å². The number of hydrogen-bond acceptors (Lipinski definition) is 4. The molecule has 1 fully saturated rings. The minimum Gasteiger partial charge on any atom is -0.466 e. The zero-order chi connectivity index (χ0) is 20.2. The molecule has 1 N–H and O–H groups in total. The van der Waals surface area contributed by atoms with Gasteiger partial charge in [0.05, 0.1) is 23.6 Å². The minimum atomic E-state index is -0.175. The van der Waals surface area contributed by atoms with Gasteiger partial charge in [-0.1, -0.05) is 42.5 Å². The van der Waals surface area contributed by atoms with Crippen LogP contribution in [0.25, 0.3) is 10.9 Å². The first kappa shape index (κ1) is 19.1. The third kappa shape index (κ3) is 3.86. The number of aromatic nitrogens is 1. The number of H-pyrrole nitrogens is 1. The van der Waals surface area contributed by atoms with Crippen LogP contribution in [0.4, 0.5) is 5.69 Å². The molecule has 2 heterocycles. The third-order valence-corrected chi connectivity index (χ3v) is 5.45. The first-order valence-electron chi connectivity index (χ1n) is 10.1. The number of pyridine rings is 1. The van der Waals surface area contributed by atoms with Crippen molar-refractivity contribution in [2.24, 2.45) is 5.92 Å². The van der Waals surface area contributed by atoms with Gasteiger partial charge in [0.25, 0.3) is 0 Å². The molecule has 4 rings (SSSR count). The number of esters is 1. The van der Waals surface area contributed by atoms with Gasteiger partial charge in [0.15, 0.2) is 6.20 Å². The van der Waals surface area contributed by atoms with Crippen LogP contribution in [-0.2, 0) is 9.53 Å². The number of para-hydroxylation sites is 1. The number of nitrogens with one attached hydrogen (secondary N) is 1. The number of benzene rings is 2. The second kappa shape index (κ2) is 8.43. The van der Waals surface area contributed by atoms with Crippen molar-refractivity contribution in [1.29, 1.82) is 0 Å². The van der Waals surface area contributed by atoms with Gasteiger partial charge < -0.3 is 9.64 Å². The lowest BCUT2D eigenvalue weighted by Crippen LogP contribution is -2.40. The molecule has 0 unspecified atom stereocenters. The average molecular weight is 389 g/mol. The minimum absolute atomic E-state index is 0.0270. The van der Waals surface area contributed by atoms with E-state index in [1.807, 2.05) is 61.5 Å². The number of fused-ring (bicyclic) bond motifs is 1. The highest BCUT2D eigenvalue weighted by Crippen LogP contribution is 2.33. The van der Waals surface area contributed by atoms with E-state index in [-0.39, 0.29) is 17.7 Å². The quantitative estimate of drug-likeness (QED) is 0.494. The number of piperidine rings is 1. The maximum atomic E-state index is 13.3. The smallest absolute Gasteiger partial charge is 0.310 e. The van der Waals surface area contributed by atoms with E-state index in [4.69, 9.17) is 4.74 Å². The normalized spacial score (nSPS) is 16.6.